The highest BCUT2D eigenvalue weighted by Gasteiger charge is 2.11. The summed E-state index contributed by atoms with van der Waals surface area (Å²) in [6.45, 7) is -0.428. The van der Waals surface area contributed by atoms with Crippen molar-refractivity contribution in [2.75, 3.05) is 19.0 Å². The van der Waals surface area contributed by atoms with Crippen molar-refractivity contribution >= 4 is 23.6 Å². The molecule has 0 spiro atoms. The molecular weight excluding hydrogens is 331 g/mol. The van der Waals surface area contributed by atoms with Gasteiger partial charge in [-0.1, -0.05) is 12.1 Å². The van der Waals surface area contributed by atoms with Gasteiger partial charge in [0.1, 0.15) is 11.6 Å². The van der Waals surface area contributed by atoms with Gasteiger partial charge in [0, 0.05) is 0 Å². The number of hydrogen-bond donors (Lipinski definition) is 2. The lowest BCUT2D eigenvalue weighted by atomic mass is 10.2. The number of amides is 3. The molecule has 0 saturated heterocycles. The van der Waals surface area contributed by atoms with Crippen molar-refractivity contribution in [3.05, 3.63) is 59.9 Å². The van der Waals surface area contributed by atoms with Crippen LogP contribution < -0.4 is 15.4 Å². The summed E-state index contributed by atoms with van der Waals surface area (Å²) in [7, 11) is 1.27. The number of imide groups is 1. The number of halogens is 1. The number of benzene rings is 2. The van der Waals surface area contributed by atoms with Gasteiger partial charge in [0.25, 0.3) is 5.91 Å². The van der Waals surface area contributed by atoms with Crippen LogP contribution in [0.3, 0.4) is 0 Å². The van der Waals surface area contributed by atoms with E-state index in [0.29, 0.717) is 11.3 Å². The van der Waals surface area contributed by atoms with Crippen LogP contribution >= 0.6 is 0 Å². The fraction of sp³-hybridized carbons (Fsp3) is 0.118. The maximum absolute atomic E-state index is 13.4. The summed E-state index contributed by atoms with van der Waals surface area (Å²) in [6, 6.07) is 10.6. The van der Waals surface area contributed by atoms with E-state index >= 15 is 0 Å². The number of nitrogens with one attached hydrogen (secondary N) is 2. The molecule has 2 N–H and O–H groups in total. The van der Waals surface area contributed by atoms with Crippen molar-refractivity contribution < 1.29 is 28.2 Å². The number of hydrogen-bond acceptors (Lipinski definition) is 5. The largest absolute Gasteiger partial charge is 0.484 e. The minimum atomic E-state index is -0.875. The third-order valence-electron chi connectivity index (χ3n) is 3.02. The first kappa shape index (κ1) is 17.9. The predicted octanol–water partition coefficient (Wildman–Crippen LogP) is 2.34. The van der Waals surface area contributed by atoms with Crippen molar-refractivity contribution in [3.8, 4) is 5.75 Å². The molecule has 0 unspecified atom stereocenters. The fourth-order valence-electron chi connectivity index (χ4n) is 1.83. The first-order chi connectivity index (χ1) is 12.0. The Labute approximate surface area is 142 Å². The SMILES string of the molecule is COC(=O)c1ccc(OCC(=O)NC(=O)Nc2ccccc2F)cc1. The third-order valence-corrected chi connectivity index (χ3v) is 3.02. The Morgan fingerprint density at radius 3 is 2.36 bits per heavy atom. The van der Waals surface area contributed by atoms with Gasteiger partial charge >= 0.3 is 12.0 Å². The Balaban J connectivity index is 1.81. The Bertz CT molecular complexity index is 777. The standard InChI is InChI=1S/C17H15FN2O5/c1-24-16(22)11-6-8-12(9-7-11)25-10-15(21)20-17(23)19-14-5-3-2-4-13(14)18/h2-9H,10H2,1H3,(H2,19,20,21,23). The average molecular weight is 346 g/mol. The summed E-state index contributed by atoms with van der Waals surface area (Å²) in [4.78, 5) is 34.6. The summed E-state index contributed by atoms with van der Waals surface area (Å²) >= 11 is 0. The van der Waals surface area contributed by atoms with Crippen molar-refractivity contribution in [2.24, 2.45) is 0 Å². The highest BCUT2D eigenvalue weighted by atomic mass is 19.1. The molecule has 0 atom stereocenters. The van der Waals surface area contributed by atoms with Crippen LogP contribution in [0.1, 0.15) is 10.4 Å². The molecule has 0 aliphatic rings. The minimum Gasteiger partial charge on any atom is -0.484 e. The highest BCUT2D eigenvalue weighted by molar-refractivity contribution is 6.01. The molecule has 2 rings (SSSR count). The monoisotopic (exact) mass is 346 g/mol. The Morgan fingerprint density at radius 1 is 1.04 bits per heavy atom. The van der Waals surface area contributed by atoms with E-state index in [-0.39, 0.29) is 5.69 Å². The molecule has 0 aromatic heterocycles. The lowest BCUT2D eigenvalue weighted by Gasteiger charge is -2.09. The summed E-state index contributed by atoms with van der Waals surface area (Å²) in [5, 5.41) is 4.22. The number of urea groups is 1. The smallest absolute Gasteiger partial charge is 0.337 e. The van der Waals surface area contributed by atoms with Crippen molar-refractivity contribution in [3.63, 3.8) is 0 Å². The van der Waals surface area contributed by atoms with Gasteiger partial charge in [0.15, 0.2) is 6.61 Å². The number of anilines is 1. The van der Waals surface area contributed by atoms with Crippen LogP contribution in [0.4, 0.5) is 14.9 Å². The number of para-hydroxylation sites is 1. The summed E-state index contributed by atoms with van der Waals surface area (Å²) in [5.41, 5.74) is 0.288. The Kier molecular flexibility index (Phi) is 6.05. The molecule has 3 amide bonds. The van der Waals surface area contributed by atoms with E-state index in [0.717, 1.165) is 0 Å². The van der Waals surface area contributed by atoms with E-state index in [4.69, 9.17) is 4.74 Å². The van der Waals surface area contributed by atoms with Crippen molar-refractivity contribution in [1.82, 2.24) is 5.32 Å². The number of methoxy groups -OCH3 is 1. The van der Waals surface area contributed by atoms with Gasteiger partial charge in [-0.2, -0.15) is 0 Å². The van der Waals surface area contributed by atoms with Crippen LogP contribution in [-0.4, -0.2) is 31.6 Å². The van der Waals surface area contributed by atoms with Gasteiger partial charge in [0.05, 0.1) is 18.4 Å². The number of carbonyl (C=O) groups excluding carboxylic acids is 3. The minimum absolute atomic E-state index is 0.0490. The predicted molar refractivity (Wildman–Crippen MR) is 86.8 cm³/mol. The van der Waals surface area contributed by atoms with Crippen LogP contribution in [0.15, 0.2) is 48.5 Å². The van der Waals surface area contributed by atoms with Gasteiger partial charge in [0.2, 0.25) is 0 Å². The molecule has 7 nitrogen and oxygen atoms in total. The number of esters is 1. The van der Waals surface area contributed by atoms with Crippen molar-refractivity contribution in [1.29, 1.82) is 0 Å². The Morgan fingerprint density at radius 2 is 1.72 bits per heavy atom. The lowest BCUT2D eigenvalue weighted by Crippen LogP contribution is -2.37. The molecule has 0 bridgehead atoms. The summed E-state index contributed by atoms with van der Waals surface area (Å²) in [6.07, 6.45) is 0. The second kappa shape index (κ2) is 8.44. The van der Waals surface area contributed by atoms with Crippen LogP contribution in [-0.2, 0) is 9.53 Å². The maximum Gasteiger partial charge on any atom is 0.337 e. The lowest BCUT2D eigenvalue weighted by molar-refractivity contribution is -0.121. The zero-order valence-corrected chi connectivity index (χ0v) is 13.2. The number of ether oxygens (including phenoxy) is 2. The molecule has 8 heteroatoms. The number of rotatable bonds is 5. The molecule has 0 fully saturated rings. The second-order valence-corrected chi connectivity index (χ2v) is 4.79. The second-order valence-electron chi connectivity index (χ2n) is 4.79. The average Bonchev–Trinajstić information content (AvgIpc) is 2.61. The number of carbonyl (C=O) groups is 3. The van der Waals surface area contributed by atoms with Gasteiger partial charge in [-0.05, 0) is 36.4 Å². The molecular formula is C17H15FN2O5. The van der Waals surface area contributed by atoms with Gasteiger partial charge in [-0.3, -0.25) is 10.1 Å². The fourth-order valence-corrected chi connectivity index (χ4v) is 1.83. The van der Waals surface area contributed by atoms with Crippen LogP contribution in [0.2, 0.25) is 0 Å². The summed E-state index contributed by atoms with van der Waals surface area (Å²) in [5.74, 6) is -1.50. The maximum atomic E-state index is 13.4. The van der Waals surface area contributed by atoms with Crippen LogP contribution in [0, 0.1) is 5.82 Å². The molecule has 25 heavy (non-hydrogen) atoms. The molecule has 2 aromatic carbocycles. The topological polar surface area (TPSA) is 93.7 Å². The highest BCUT2D eigenvalue weighted by Crippen LogP contribution is 2.13. The van der Waals surface area contributed by atoms with Crippen molar-refractivity contribution in [2.45, 2.75) is 0 Å². The normalized spacial score (nSPS) is 9.84. The van der Waals surface area contributed by atoms with Crippen LogP contribution in [0.25, 0.3) is 0 Å². The van der Waals surface area contributed by atoms with E-state index in [1.165, 1.54) is 49.6 Å². The van der Waals surface area contributed by atoms with E-state index in [2.05, 4.69) is 10.1 Å². The molecule has 0 aliphatic heterocycles. The Hall–Kier alpha value is -3.42. The van der Waals surface area contributed by atoms with Crippen LogP contribution in [0.5, 0.6) is 5.75 Å². The molecule has 2 aromatic rings. The van der Waals surface area contributed by atoms with E-state index in [1.54, 1.807) is 6.07 Å². The summed E-state index contributed by atoms with van der Waals surface area (Å²) < 4.78 is 23.1. The molecule has 0 saturated carbocycles. The van der Waals surface area contributed by atoms with Gasteiger partial charge in [-0.25, -0.2) is 14.0 Å². The quantitative estimate of drug-likeness (QED) is 0.811. The first-order valence-corrected chi connectivity index (χ1v) is 7.16. The molecule has 0 aliphatic carbocycles. The first-order valence-electron chi connectivity index (χ1n) is 7.16. The molecule has 0 radical (unpaired) electrons. The molecule has 130 valence electrons. The van der Waals surface area contributed by atoms with E-state index < -0.39 is 30.3 Å². The third kappa shape index (κ3) is 5.31. The van der Waals surface area contributed by atoms with Gasteiger partial charge in [-0.15, -0.1) is 0 Å². The van der Waals surface area contributed by atoms with E-state index in [1.807, 2.05) is 5.32 Å². The zero-order valence-electron chi connectivity index (χ0n) is 13.2. The van der Waals surface area contributed by atoms with E-state index in [9.17, 15) is 18.8 Å². The molecule has 0 heterocycles. The zero-order chi connectivity index (χ0) is 18.2. The van der Waals surface area contributed by atoms with Gasteiger partial charge < -0.3 is 14.8 Å².